The van der Waals surface area contributed by atoms with Crippen molar-refractivity contribution in [2.45, 2.75) is 31.6 Å². The Morgan fingerprint density at radius 2 is 1.90 bits per heavy atom. The Morgan fingerprint density at radius 1 is 1.25 bits per heavy atom. The first kappa shape index (κ1) is 15.3. The Hall–Kier alpha value is -1.08. The maximum absolute atomic E-state index is 13.0. The van der Waals surface area contributed by atoms with E-state index in [1.165, 1.54) is 18.2 Å². The van der Waals surface area contributed by atoms with Crippen molar-refractivity contribution in [1.82, 2.24) is 5.32 Å². The number of halogens is 3. The van der Waals surface area contributed by atoms with Crippen LogP contribution in [-0.2, 0) is 16.0 Å². The summed E-state index contributed by atoms with van der Waals surface area (Å²) in [6.07, 6.45) is -4.08. The van der Waals surface area contributed by atoms with Crippen LogP contribution >= 0.6 is 0 Å². The third kappa shape index (κ3) is 3.52. The van der Waals surface area contributed by atoms with Crippen LogP contribution in [0.4, 0.5) is 13.2 Å². The summed E-state index contributed by atoms with van der Waals surface area (Å²) < 4.78 is 62.7. The molecule has 2 unspecified atom stereocenters. The Morgan fingerprint density at radius 3 is 2.55 bits per heavy atom. The fraction of sp³-hybridized carbons (Fsp3) is 0.538. The van der Waals surface area contributed by atoms with Crippen LogP contribution in [0, 0.1) is 0 Å². The highest BCUT2D eigenvalue weighted by molar-refractivity contribution is 7.91. The summed E-state index contributed by atoms with van der Waals surface area (Å²) >= 11 is 0. The molecule has 1 aromatic carbocycles. The van der Waals surface area contributed by atoms with E-state index in [1.807, 2.05) is 0 Å². The third-order valence-corrected chi connectivity index (χ3v) is 5.11. The number of hydrogen-bond donors (Lipinski definition) is 1. The Kier molecular flexibility index (Phi) is 4.11. The molecule has 1 heterocycles. The molecule has 1 fully saturated rings. The van der Waals surface area contributed by atoms with Crippen molar-refractivity contribution in [3.63, 3.8) is 0 Å². The molecule has 0 radical (unpaired) electrons. The summed E-state index contributed by atoms with van der Waals surface area (Å²) in [5.74, 6) is -0.295. The molecule has 0 saturated carbocycles. The van der Waals surface area contributed by atoms with Gasteiger partial charge in [-0.15, -0.1) is 0 Å². The van der Waals surface area contributed by atoms with E-state index in [2.05, 4.69) is 5.32 Å². The van der Waals surface area contributed by atoms with Crippen molar-refractivity contribution in [2.24, 2.45) is 0 Å². The van der Waals surface area contributed by atoms with Gasteiger partial charge in [-0.2, -0.15) is 13.2 Å². The highest BCUT2D eigenvalue weighted by atomic mass is 32.2. The van der Waals surface area contributed by atoms with Crippen LogP contribution in [0.1, 0.15) is 30.5 Å². The molecule has 0 spiro atoms. The highest BCUT2D eigenvalue weighted by Gasteiger charge is 2.37. The largest absolute Gasteiger partial charge is 0.416 e. The van der Waals surface area contributed by atoms with E-state index >= 15 is 0 Å². The maximum Gasteiger partial charge on any atom is 0.416 e. The maximum atomic E-state index is 13.0. The van der Waals surface area contributed by atoms with Gasteiger partial charge < -0.3 is 5.32 Å². The number of sulfone groups is 1. The summed E-state index contributed by atoms with van der Waals surface area (Å²) in [5.41, 5.74) is -0.779. The van der Waals surface area contributed by atoms with E-state index in [1.54, 1.807) is 6.92 Å². The van der Waals surface area contributed by atoms with Gasteiger partial charge in [0.2, 0.25) is 0 Å². The van der Waals surface area contributed by atoms with Gasteiger partial charge in [-0.3, -0.25) is 0 Å². The zero-order valence-electron chi connectivity index (χ0n) is 10.9. The quantitative estimate of drug-likeness (QED) is 0.867. The standard InChI is InChI=1S/C13H16F3NO2S/c1-9-6-7-20(18,19)8-12(17-9)10-4-2-3-5-11(10)13(14,15)16/h2-5,9,12,17H,6-8H2,1H3. The van der Waals surface area contributed by atoms with Crippen LogP contribution in [0.5, 0.6) is 0 Å². The molecule has 2 rings (SSSR count). The van der Waals surface area contributed by atoms with Gasteiger partial charge in [0.1, 0.15) is 0 Å². The lowest BCUT2D eigenvalue weighted by molar-refractivity contribution is -0.138. The van der Waals surface area contributed by atoms with Crippen molar-refractivity contribution in [3.8, 4) is 0 Å². The Balaban J connectivity index is 2.44. The molecule has 2 atom stereocenters. The van der Waals surface area contributed by atoms with Gasteiger partial charge in [0, 0.05) is 12.1 Å². The van der Waals surface area contributed by atoms with E-state index in [-0.39, 0.29) is 23.1 Å². The first-order valence-electron chi connectivity index (χ1n) is 6.31. The molecule has 1 saturated heterocycles. The van der Waals surface area contributed by atoms with Crippen LogP contribution < -0.4 is 5.32 Å². The van der Waals surface area contributed by atoms with E-state index in [4.69, 9.17) is 0 Å². The lowest BCUT2D eigenvalue weighted by atomic mass is 10.00. The zero-order chi connectivity index (χ0) is 15.0. The molecule has 112 valence electrons. The van der Waals surface area contributed by atoms with Crippen LogP contribution in [0.3, 0.4) is 0 Å². The zero-order valence-corrected chi connectivity index (χ0v) is 11.8. The third-order valence-electron chi connectivity index (χ3n) is 3.41. The number of nitrogens with one attached hydrogen (secondary N) is 1. The second-order valence-electron chi connectivity index (χ2n) is 5.11. The van der Waals surface area contributed by atoms with Gasteiger partial charge in [-0.1, -0.05) is 18.2 Å². The first-order valence-corrected chi connectivity index (χ1v) is 8.14. The minimum absolute atomic E-state index is 0.00248. The fourth-order valence-electron chi connectivity index (χ4n) is 2.41. The van der Waals surface area contributed by atoms with E-state index in [0.29, 0.717) is 6.42 Å². The lowest BCUT2D eigenvalue weighted by Gasteiger charge is -2.23. The summed E-state index contributed by atoms with van der Waals surface area (Å²) in [5, 5.41) is 2.98. The average Bonchev–Trinajstić information content (AvgIpc) is 2.47. The monoisotopic (exact) mass is 307 g/mol. The molecule has 20 heavy (non-hydrogen) atoms. The molecule has 1 N–H and O–H groups in total. The predicted octanol–water partition coefficient (Wildman–Crippen LogP) is 2.54. The molecule has 1 aromatic rings. The number of rotatable bonds is 1. The van der Waals surface area contributed by atoms with E-state index < -0.39 is 27.6 Å². The van der Waals surface area contributed by atoms with Gasteiger partial charge in [0.25, 0.3) is 0 Å². The molecule has 0 bridgehead atoms. The van der Waals surface area contributed by atoms with Crippen LogP contribution in [-0.4, -0.2) is 26.0 Å². The van der Waals surface area contributed by atoms with Gasteiger partial charge in [-0.25, -0.2) is 8.42 Å². The topological polar surface area (TPSA) is 46.2 Å². The smallest absolute Gasteiger partial charge is 0.307 e. The van der Waals surface area contributed by atoms with Crippen molar-refractivity contribution >= 4 is 9.84 Å². The molecule has 0 amide bonds. The molecule has 1 aliphatic heterocycles. The molecule has 0 aliphatic carbocycles. The van der Waals surface area contributed by atoms with Gasteiger partial charge in [0.05, 0.1) is 17.1 Å². The van der Waals surface area contributed by atoms with E-state index in [9.17, 15) is 21.6 Å². The first-order chi connectivity index (χ1) is 9.19. The van der Waals surface area contributed by atoms with Crippen molar-refractivity contribution in [2.75, 3.05) is 11.5 Å². The van der Waals surface area contributed by atoms with Crippen LogP contribution in [0.2, 0.25) is 0 Å². The summed E-state index contributed by atoms with van der Waals surface area (Å²) in [6, 6.07) is 4.16. The predicted molar refractivity (Wildman–Crippen MR) is 70.1 cm³/mol. The molecule has 3 nitrogen and oxygen atoms in total. The van der Waals surface area contributed by atoms with Crippen molar-refractivity contribution in [3.05, 3.63) is 35.4 Å². The lowest BCUT2D eigenvalue weighted by Crippen LogP contribution is -2.32. The van der Waals surface area contributed by atoms with Crippen molar-refractivity contribution in [1.29, 1.82) is 0 Å². The molecular formula is C13H16F3NO2S. The fourth-order valence-corrected chi connectivity index (χ4v) is 4.07. The van der Waals surface area contributed by atoms with Crippen molar-refractivity contribution < 1.29 is 21.6 Å². The Bertz CT molecular complexity index is 584. The minimum Gasteiger partial charge on any atom is -0.307 e. The van der Waals surface area contributed by atoms with Crippen LogP contribution in [0.25, 0.3) is 0 Å². The Labute approximate surface area is 116 Å². The normalized spacial score (nSPS) is 27.0. The second kappa shape index (κ2) is 5.37. The molecule has 1 aliphatic rings. The molecular weight excluding hydrogens is 291 g/mol. The van der Waals surface area contributed by atoms with Gasteiger partial charge in [0.15, 0.2) is 9.84 Å². The van der Waals surface area contributed by atoms with Gasteiger partial charge in [-0.05, 0) is 25.0 Å². The highest BCUT2D eigenvalue weighted by Crippen LogP contribution is 2.35. The number of hydrogen-bond acceptors (Lipinski definition) is 3. The molecule has 7 heteroatoms. The average molecular weight is 307 g/mol. The summed E-state index contributed by atoms with van der Waals surface area (Å²) in [4.78, 5) is 0. The minimum atomic E-state index is -4.49. The van der Waals surface area contributed by atoms with Gasteiger partial charge >= 0.3 is 6.18 Å². The number of alkyl halides is 3. The summed E-state index contributed by atoms with van der Waals surface area (Å²) in [6.45, 7) is 1.78. The molecule has 0 aromatic heterocycles. The van der Waals surface area contributed by atoms with Crippen LogP contribution in [0.15, 0.2) is 24.3 Å². The summed E-state index contributed by atoms with van der Waals surface area (Å²) in [7, 11) is -3.34. The second-order valence-corrected chi connectivity index (χ2v) is 7.34. The SMILES string of the molecule is CC1CCS(=O)(=O)CC(c2ccccc2C(F)(F)F)N1. The van der Waals surface area contributed by atoms with E-state index in [0.717, 1.165) is 6.07 Å². The number of benzene rings is 1.